The van der Waals surface area contributed by atoms with Gasteiger partial charge in [0, 0.05) is 42.7 Å². The summed E-state index contributed by atoms with van der Waals surface area (Å²) in [6, 6.07) is 14.6. The van der Waals surface area contributed by atoms with Crippen molar-refractivity contribution in [2.45, 2.75) is 20.8 Å². The number of hydrogen-bond donors (Lipinski definition) is 2. The minimum absolute atomic E-state index is 0.142. The van der Waals surface area contributed by atoms with Gasteiger partial charge < -0.3 is 19.5 Å². The second-order valence-corrected chi connectivity index (χ2v) is 10.1. The van der Waals surface area contributed by atoms with Crippen molar-refractivity contribution < 1.29 is 14.0 Å². The first-order valence-electron chi connectivity index (χ1n) is 11.1. The van der Waals surface area contributed by atoms with Crippen LogP contribution in [-0.2, 0) is 4.79 Å². The molecular weight excluding hydrogens is 472 g/mol. The molecular formula is C25H27ClN4O3S. The van der Waals surface area contributed by atoms with E-state index in [1.54, 1.807) is 18.2 Å². The predicted octanol–water partition coefficient (Wildman–Crippen LogP) is 4.91. The van der Waals surface area contributed by atoms with Gasteiger partial charge in [-0.1, -0.05) is 50.6 Å². The maximum atomic E-state index is 12.5. The third-order valence-corrected chi connectivity index (χ3v) is 6.14. The first kappa shape index (κ1) is 24.0. The van der Waals surface area contributed by atoms with E-state index in [1.807, 2.05) is 56.0 Å². The number of para-hydroxylation sites is 1. The standard InChI is InChI=1S/C25H27ClN4O3S/c1-25(2,3)23(32)30-12-10-29(11-13-30)19-9-8-17(15-18(19)26)27-24(34)28-22(31)21-14-16-6-4-5-7-20(16)33-21/h4-9,14-15H,10-13H2,1-3H3,(H2,27,28,31,34). The zero-order valence-electron chi connectivity index (χ0n) is 19.4. The molecule has 0 bridgehead atoms. The van der Waals surface area contributed by atoms with Crippen molar-refractivity contribution in [2.24, 2.45) is 5.41 Å². The highest BCUT2D eigenvalue weighted by Crippen LogP contribution is 2.30. The summed E-state index contributed by atoms with van der Waals surface area (Å²) in [5, 5.41) is 7.16. The molecule has 2 aromatic carbocycles. The van der Waals surface area contributed by atoms with Crippen LogP contribution in [0.25, 0.3) is 11.0 Å². The summed E-state index contributed by atoms with van der Waals surface area (Å²) in [6.07, 6.45) is 0. The molecule has 0 spiro atoms. The van der Waals surface area contributed by atoms with E-state index < -0.39 is 5.91 Å². The molecule has 3 aromatic rings. The van der Waals surface area contributed by atoms with Crippen molar-refractivity contribution in [1.29, 1.82) is 0 Å². The Labute approximate surface area is 209 Å². The SMILES string of the molecule is CC(C)(C)C(=O)N1CCN(c2ccc(NC(=S)NC(=O)c3cc4ccccc4o3)cc2Cl)CC1. The van der Waals surface area contributed by atoms with Gasteiger partial charge in [-0.15, -0.1) is 0 Å². The number of anilines is 2. The minimum atomic E-state index is -0.431. The second kappa shape index (κ2) is 9.64. The lowest BCUT2D eigenvalue weighted by Crippen LogP contribution is -2.51. The number of furan rings is 1. The third-order valence-electron chi connectivity index (χ3n) is 5.63. The average Bonchev–Trinajstić information content (AvgIpc) is 3.23. The lowest BCUT2D eigenvalue weighted by molar-refractivity contribution is -0.139. The number of piperazine rings is 1. The number of thiocarbonyl (C=S) groups is 1. The lowest BCUT2D eigenvalue weighted by atomic mass is 9.94. The number of nitrogens with one attached hydrogen (secondary N) is 2. The summed E-state index contributed by atoms with van der Waals surface area (Å²) in [6.45, 7) is 8.55. The van der Waals surface area contributed by atoms with E-state index in [0.717, 1.165) is 11.1 Å². The van der Waals surface area contributed by atoms with Crippen LogP contribution < -0.4 is 15.5 Å². The van der Waals surface area contributed by atoms with E-state index in [-0.39, 0.29) is 22.2 Å². The first-order chi connectivity index (χ1) is 16.1. The van der Waals surface area contributed by atoms with Gasteiger partial charge in [-0.05, 0) is 42.5 Å². The number of halogens is 1. The van der Waals surface area contributed by atoms with Gasteiger partial charge in [-0.25, -0.2) is 0 Å². The van der Waals surface area contributed by atoms with Crippen LogP contribution in [0.1, 0.15) is 31.3 Å². The van der Waals surface area contributed by atoms with Gasteiger partial charge in [0.15, 0.2) is 10.9 Å². The number of amides is 2. The van der Waals surface area contributed by atoms with Crippen molar-refractivity contribution in [3.05, 3.63) is 59.3 Å². The number of carbonyl (C=O) groups is 2. The van der Waals surface area contributed by atoms with Crippen LogP contribution in [0, 0.1) is 5.41 Å². The van der Waals surface area contributed by atoms with Crippen LogP contribution in [0.2, 0.25) is 5.02 Å². The van der Waals surface area contributed by atoms with Crippen molar-refractivity contribution in [3.63, 3.8) is 0 Å². The highest BCUT2D eigenvalue weighted by atomic mass is 35.5. The Morgan fingerprint density at radius 3 is 2.38 bits per heavy atom. The fraction of sp³-hybridized carbons (Fsp3) is 0.320. The predicted molar refractivity (Wildman–Crippen MR) is 140 cm³/mol. The van der Waals surface area contributed by atoms with Crippen molar-refractivity contribution in [3.8, 4) is 0 Å². The van der Waals surface area contributed by atoms with Crippen LogP contribution in [0.15, 0.2) is 52.9 Å². The van der Waals surface area contributed by atoms with Crippen LogP contribution in [0.4, 0.5) is 11.4 Å². The Morgan fingerprint density at radius 2 is 1.74 bits per heavy atom. The molecule has 0 atom stereocenters. The fourth-order valence-electron chi connectivity index (χ4n) is 3.89. The monoisotopic (exact) mass is 498 g/mol. The van der Waals surface area contributed by atoms with E-state index in [1.165, 1.54) is 0 Å². The maximum absolute atomic E-state index is 12.5. The maximum Gasteiger partial charge on any atom is 0.293 e. The second-order valence-electron chi connectivity index (χ2n) is 9.25. The molecule has 2 amide bonds. The molecule has 7 nitrogen and oxygen atoms in total. The molecule has 1 aromatic heterocycles. The summed E-state index contributed by atoms with van der Waals surface area (Å²) in [5.74, 6) is -0.0853. The van der Waals surface area contributed by atoms with Gasteiger partial charge >= 0.3 is 0 Å². The number of carbonyl (C=O) groups excluding carboxylic acids is 2. The number of rotatable bonds is 3. The topological polar surface area (TPSA) is 77.8 Å². The molecule has 178 valence electrons. The zero-order chi connectivity index (χ0) is 24.5. The molecule has 0 saturated carbocycles. The quantitative estimate of drug-likeness (QED) is 0.500. The number of nitrogens with zero attached hydrogens (tertiary/aromatic N) is 2. The van der Waals surface area contributed by atoms with E-state index in [0.29, 0.717) is 42.5 Å². The van der Waals surface area contributed by atoms with E-state index >= 15 is 0 Å². The van der Waals surface area contributed by atoms with Gasteiger partial charge in [0.1, 0.15) is 5.58 Å². The summed E-state index contributed by atoms with van der Waals surface area (Å²) >= 11 is 11.8. The smallest absolute Gasteiger partial charge is 0.293 e. The Morgan fingerprint density at radius 1 is 1.03 bits per heavy atom. The van der Waals surface area contributed by atoms with E-state index in [2.05, 4.69) is 15.5 Å². The number of fused-ring (bicyclic) bond motifs is 1. The third kappa shape index (κ3) is 5.34. The first-order valence-corrected chi connectivity index (χ1v) is 11.9. The van der Waals surface area contributed by atoms with Crippen molar-refractivity contribution in [2.75, 3.05) is 36.4 Å². The lowest BCUT2D eigenvalue weighted by Gasteiger charge is -2.39. The molecule has 0 unspecified atom stereocenters. The fourth-order valence-corrected chi connectivity index (χ4v) is 4.40. The van der Waals surface area contributed by atoms with Crippen LogP contribution in [0.3, 0.4) is 0 Å². The summed E-state index contributed by atoms with van der Waals surface area (Å²) in [7, 11) is 0. The van der Waals surface area contributed by atoms with E-state index in [4.69, 9.17) is 28.2 Å². The average molecular weight is 499 g/mol. The van der Waals surface area contributed by atoms with Gasteiger partial charge in [-0.2, -0.15) is 0 Å². The molecule has 2 heterocycles. The largest absolute Gasteiger partial charge is 0.451 e. The Balaban J connectivity index is 1.34. The molecule has 0 radical (unpaired) electrons. The van der Waals surface area contributed by atoms with Crippen LogP contribution >= 0.6 is 23.8 Å². The van der Waals surface area contributed by atoms with Crippen LogP contribution in [-0.4, -0.2) is 48.0 Å². The highest BCUT2D eigenvalue weighted by Gasteiger charge is 2.30. The molecule has 1 fully saturated rings. The minimum Gasteiger partial charge on any atom is -0.451 e. The van der Waals surface area contributed by atoms with Gasteiger partial charge in [0.2, 0.25) is 5.91 Å². The number of benzene rings is 2. The highest BCUT2D eigenvalue weighted by molar-refractivity contribution is 7.80. The molecule has 0 aliphatic carbocycles. The normalized spacial score (nSPS) is 14.2. The van der Waals surface area contributed by atoms with Gasteiger partial charge in [-0.3, -0.25) is 14.9 Å². The number of hydrogen-bond acceptors (Lipinski definition) is 5. The molecule has 2 N–H and O–H groups in total. The van der Waals surface area contributed by atoms with Gasteiger partial charge in [0.05, 0.1) is 10.7 Å². The molecule has 1 aliphatic heterocycles. The molecule has 9 heteroatoms. The Kier molecular flexibility index (Phi) is 6.81. The summed E-state index contributed by atoms with van der Waals surface area (Å²) in [4.78, 5) is 29.1. The summed E-state index contributed by atoms with van der Waals surface area (Å²) < 4.78 is 5.57. The van der Waals surface area contributed by atoms with Crippen molar-refractivity contribution in [1.82, 2.24) is 10.2 Å². The Bertz CT molecular complexity index is 1210. The summed E-state index contributed by atoms with van der Waals surface area (Å²) in [5.41, 5.74) is 1.81. The zero-order valence-corrected chi connectivity index (χ0v) is 20.9. The van der Waals surface area contributed by atoms with Crippen molar-refractivity contribution >= 4 is 63.1 Å². The Hall–Kier alpha value is -3.10. The molecule has 1 saturated heterocycles. The molecule has 1 aliphatic rings. The van der Waals surface area contributed by atoms with E-state index in [9.17, 15) is 9.59 Å². The molecule has 34 heavy (non-hydrogen) atoms. The van der Waals surface area contributed by atoms with Crippen LogP contribution in [0.5, 0.6) is 0 Å². The van der Waals surface area contributed by atoms with Gasteiger partial charge in [0.25, 0.3) is 5.91 Å². The molecule has 4 rings (SSSR count).